The number of hydrogen-bond acceptors (Lipinski definition) is 4. The number of nitrogens with one attached hydrogen (secondary N) is 1. The van der Waals surface area contributed by atoms with Crippen LogP contribution in [-0.2, 0) is 19.6 Å². The summed E-state index contributed by atoms with van der Waals surface area (Å²) in [6.45, 7) is 3.56. The van der Waals surface area contributed by atoms with E-state index in [1.165, 1.54) is 11.1 Å². The Bertz CT molecular complexity index is 783. The highest BCUT2D eigenvalue weighted by Crippen LogP contribution is 2.28. The van der Waals surface area contributed by atoms with Gasteiger partial charge in [0, 0.05) is 17.5 Å². The highest BCUT2D eigenvalue weighted by molar-refractivity contribution is 7.09. The molecule has 0 amide bonds. The number of aryl methyl sites for hydroxylation is 1. The number of hydrogen-bond donors (Lipinski definition) is 1. The maximum atomic E-state index is 6.02. The Kier molecular flexibility index (Phi) is 5.62. The summed E-state index contributed by atoms with van der Waals surface area (Å²) in [5, 5.41) is 6.36. The lowest BCUT2D eigenvalue weighted by molar-refractivity contribution is 0.303. The Balaban J connectivity index is 1.77. The van der Waals surface area contributed by atoms with E-state index < -0.39 is 0 Å². The fraction of sp³-hybridized carbons (Fsp3) is 0.250. The number of rotatable bonds is 7. The molecule has 1 heterocycles. The lowest BCUT2D eigenvalue weighted by Gasteiger charge is -2.12. The first kappa shape index (κ1) is 16.7. The van der Waals surface area contributed by atoms with Gasteiger partial charge >= 0.3 is 0 Å². The Morgan fingerprint density at radius 2 is 1.96 bits per heavy atom. The number of aromatic nitrogens is 1. The van der Waals surface area contributed by atoms with Crippen LogP contribution in [0.2, 0.25) is 0 Å². The van der Waals surface area contributed by atoms with Gasteiger partial charge < -0.3 is 10.1 Å². The summed E-state index contributed by atoms with van der Waals surface area (Å²) in [7, 11) is 1.94. The first-order valence-electron chi connectivity index (χ1n) is 8.19. The normalized spacial score (nSPS) is 10.8. The largest absolute Gasteiger partial charge is 0.489 e. The first-order valence-corrected chi connectivity index (χ1v) is 9.07. The van der Waals surface area contributed by atoms with Gasteiger partial charge in [-0.3, -0.25) is 0 Å². The smallest absolute Gasteiger partial charge is 0.123 e. The molecule has 0 unspecified atom stereocenters. The molecule has 2 aromatic carbocycles. The molecule has 0 saturated heterocycles. The van der Waals surface area contributed by atoms with Crippen LogP contribution in [0, 0.1) is 0 Å². The van der Waals surface area contributed by atoms with E-state index in [1.54, 1.807) is 11.3 Å². The van der Waals surface area contributed by atoms with Gasteiger partial charge in [-0.15, -0.1) is 11.3 Å². The lowest BCUT2D eigenvalue weighted by Crippen LogP contribution is -2.04. The monoisotopic (exact) mass is 338 g/mol. The van der Waals surface area contributed by atoms with E-state index >= 15 is 0 Å². The molecule has 24 heavy (non-hydrogen) atoms. The van der Waals surface area contributed by atoms with Crippen LogP contribution < -0.4 is 10.1 Å². The van der Waals surface area contributed by atoms with E-state index in [4.69, 9.17) is 4.74 Å². The van der Waals surface area contributed by atoms with Crippen molar-refractivity contribution in [1.82, 2.24) is 10.3 Å². The van der Waals surface area contributed by atoms with Crippen LogP contribution in [0.3, 0.4) is 0 Å². The second-order valence-electron chi connectivity index (χ2n) is 5.61. The molecule has 0 fully saturated rings. The molecule has 0 atom stereocenters. The quantitative estimate of drug-likeness (QED) is 0.680. The minimum atomic E-state index is 0.593. The molecular formula is C20H22N2OS. The topological polar surface area (TPSA) is 34.2 Å². The summed E-state index contributed by atoms with van der Waals surface area (Å²) >= 11 is 1.69. The van der Waals surface area contributed by atoms with E-state index in [9.17, 15) is 0 Å². The van der Waals surface area contributed by atoms with E-state index in [-0.39, 0.29) is 0 Å². The van der Waals surface area contributed by atoms with Crippen LogP contribution in [-0.4, -0.2) is 12.0 Å². The molecule has 0 aliphatic heterocycles. The average Bonchev–Trinajstić information content (AvgIpc) is 3.10. The Hall–Kier alpha value is -2.17. The van der Waals surface area contributed by atoms with Crippen molar-refractivity contribution in [2.24, 2.45) is 0 Å². The molecule has 3 aromatic rings. The molecule has 124 valence electrons. The summed E-state index contributed by atoms with van der Waals surface area (Å²) in [5.74, 6) is 0.954. The molecule has 0 radical (unpaired) electrons. The maximum absolute atomic E-state index is 6.02. The second-order valence-corrected chi connectivity index (χ2v) is 6.55. The van der Waals surface area contributed by atoms with Gasteiger partial charge in [0.2, 0.25) is 0 Å². The van der Waals surface area contributed by atoms with Gasteiger partial charge in [-0.1, -0.05) is 37.3 Å². The molecule has 3 rings (SSSR count). The highest BCUT2D eigenvalue weighted by Gasteiger charge is 2.09. The molecule has 1 aromatic heterocycles. The van der Waals surface area contributed by atoms with Crippen LogP contribution >= 0.6 is 11.3 Å². The van der Waals surface area contributed by atoms with Crippen LogP contribution in [0.4, 0.5) is 0 Å². The maximum Gasteiger partial charge on any atom is 0.123 e. The number of benzene rings is 2. The van der Waals surface area contributed by atoms with Crippen LogP contribution in [0.5, 0.6) is 5.75 Å². The Morgan fingerprint density at radius 3 is 2.71 bits per heavy atom. The SMILES string of the molecule is CCc1cc(-c2csc(CNC)n2)ccc1OCc1ccccc1. The van der Waals surface area contributed by atoms with E-state index in [0.29, 0.717) is 6.61 Å². The van der Waals surface area contributed by atoms with Crippen LogP contribution in [0.1, 0.15) is 23.1 Å². The lowest BCUT2D eigenvalue weighted by atomic mass is 10.1. The Labute approximate surface area is 147 Å². The summed E-state index contributed by atoms with van der Waals surface area (Å²) in [5.41, 5.74) is 4.58. The molecule has 4 heteroatoms. The number of thiazole rings is 1. The fourth-order valence-electron chi connectivity index (χ4n) is 2.57. The fourth-order valence-corrected chi connectivity index (χ4v) is 3.38. The first-order chi connectivity index (χ1) is 11.8. The Morgan fingerprint density at radius 1 is 1.12 bits per heavy atom. The highest BCUT2D eigenvalue weighted by atomic mass is 32.1. The molecule has 0 aliphatic carbocycles. The van der Waals surface area contributed by atoms with E-state index in [2.05, 4.69) is 52.9 Å². The molecule has 0 aliphatic rings. The zero-order valence-electron chi connectivity index (χ0n) is 14.1. The standard InChI is InChI=1S/C20H22N2OS/c1-3-16-11-17(18-14-24-20(22-18)12-21-2)9-10-19(16)23-13-15-7-5-4-6-8-15/h4-11,14,21H,3,12-13H2,1-2H3. The van der Waals surface area contributed by atoms with Gasteiger partial charge in [-0.2, -0.15) is 0 Å². The van der Waals surface area contributed by atoms with Gasteiger partial charge in [-0.05, 0) is 42.8 Å². The van der Waals surface area contributed by atoms with Gasteiger partial charge in [0.1, 0.15) is 17.4 Å². The van der Waals surface area contributed by atoms with E-state index in [1.807, 2.05) is 25.2 Å². The predicted octanol–water partition coefficient (Wildman–Crippen LogP) is 4.67. The minimum Gasteiger partial charge on any atom is -0.489 e. The summed E-state index contributed by atoms with van der Waals surface area (Å²) < 4.78 is 6.02. The third kappa shape index (κ3) is 4.02. The van der Waals surface area contributed by atoms with Crippen molar-refractivity contribution in [2.45, 2.75) is 26.5 Å². The van der Waals surface area contributed by atoms with Crippen molar-refractivity contribution in [3.05, 3.63) is 70.0 Å². The third-order valence-corrected chi connectivity index (χ3v) is 4.70. The van der Waals surface area contributed by atoms with Gasteiger partial charge in [0.15, 0.2) is 0 Å². The van der Waals surface area contributed by atoms with Crippen molar-refractivity contribution < 1.29 is 4.74 Å². The third-order valence-electron chi connectivity index (χ3n) is 3.85. The van der Waals surface area contributed by atoms with Gasteiger partial charge in [0.25, 0.3) is 0 Å². The van der Waals surface area contributed by atoms with E-state index in [0.717, 1.165) is 35.0 Å². The zero-order valence-corrected chi connectivity index (χ0v) is 14.9. The van der Waals surface area contributed by atoms with Crippen molar-refractivity contribution >= 4 is 11.3 Å². The van der Waals surface area contributed by atoms with Gasteiger partial charge in [0.05, 0.1) is 5.69 Å². The van der Waals surface area contributed by atoms with Crippen molar-refractivity contribution in [2.75, 3.05) is 7.05 Å². The zero-order chi connectivity index (χ0) is 16.8. The van der Waals surface area contributed by atoms with Crippen LogP contribution in [0.25, 0.3) is 11.3 Å². The van der Waals surface area contributed by atoms with Crippen molar-refractivity contribution in [1.29, 1.82) is 0 Å². The predicted molar refractivity (Wildman–Crippen MR) is 100 cm³/mol. The van der Waals surface area contributed by atoms with Crippen LogP contribution in [0.15, 0.2) is 53.9 Å². The molecule has 0 spiro atoms. The minimum absolute atomic E-state index is 0.593. The second kappa shape index (κ2) is 8.08. The summed E-state index contributed by atoms with van der Waals surface area (Å²) in [6.07, 6.45) is 0.936. The number of ether oxygens (including phenoxy) is 1. The molecule has 3 nitrogen and oxygen atoms in total. The average molecular weight is 338 g/mol. The summed E-state index contributed by atoms with van der Waals surface area (Å²) in [4.78, 5) is 4.68. The molecule has 1 N–H and O–H groups in total. The summed E-state index contributed by atoms with van der Waals surface area (Å²) in [6, 6.07) is 16.6. The van der Waals surface area contributed by atoms with Crippen molar-refractivity contribution in [3.63, 3.8) is 0 Å². The molecule has 0 saturated carbocycles. The van der Waals surface area contributed by atoms with Crippen molar-refractivity contribution in [3.8, 4) is 17.0 Å². The molecular weight excluding hydrogens is 316 g/mol. The number of nitrogens with zero attached hydrogens (tertiary/aromatic N) is 1. The molecule has 0 bridgehead atoms. The van der Waals surface area contributed by atoms with Gasteiger partial charge in [-0.25, -0.2) is 4.98 Å².